The Balaban J connectivity index is 1.81. The number of hydrogen-bond acceptors (Lipinski definition) is 3. The highest BCUT2D eigenvalue weighted by Crippen LogP contribution is 2.15. The monoisotopic (exact) mass is 198 g/mol. The van der Waals surface area contributed by atoms with Crippen LogP contribution in [-0.2, 0) is 4.74 Å². The van der Waals surface area contributed by atoms with Gasteiger partial charge < -0.3 is 10.1 Å². The number of ether oxygens (including phenoxy) is 1. The highest BCUT2D eigenvalue weighted by molar-refractivity contribution is 4.82. The normalized spacial score (nSPS) is 36.6. The number of hydrogen-bond donors (Lipinski definition) is 1. The fraction of sp³-hybridized carbons (Fsp3) is 1.00. The second-order valence-electron chi connectivity index (χ2n) is 4.54. The van der Waals surface area contributed by atoms with Crippen molar-refractivity contribution < 1.29 is 4.74 Å². The zero-order valence-electron chi connectivity index (χ0n) is 9.17. The number of rotatable bonds is 1. The molecule has 0 aromatic rings. The van der Waals surface area contributed by atoms with E-state index in [1.54, 1.807) is 0 Å². The first-order valence-corrected chi connectivity index (χ1v) is 5.91. The molecule has 2 rings (SSSR count). The molecule has 0 aliphatic carbocycles. The fourth-order valence-corrected chi connectivity index (χ4v) is 2.43. The Morgan fingerprint density at radius 2 is 2.14 bits per heavy atom. The van der Waals surface area contributed by atoms with Gasteiger partial charge in [0.15, 0.2) is 0 Å². The lowest BCUT2D eigenvalue weighted by Gasteiger charge is -2.35. The van der Waals surface area contributed by atoms with Crippen LogP contribution in [0.4, 0.5) is 0 Å². The zero-order valence-corrected chi connectivity index (χ0v) is 9.17. The Hall–Kier alpha value is -0.120. The summed E-state index contributed by atoms with van der Waals surface area (Å²) in [6, 6.07) is 1.47. The molecule has 0 saturated carbocycles. The van der Waals surface area contributed by atoms with Crippen molar-refractivity contribution in [1.29, 1.82) is 0 Å². The predicted molar refractivity (Wildman–Crippen MR) is 57.5 cm³/mol. The summed E-state index contributed by atoms with van der Waals surface area (Å²) in [5.74, 6) is 0. The van der Waals surface area contributed by atoms with Crippen molar-refractivity contribution in [2.75, 3.05) is 32.8 Å². The van der Waals surface area contributed by atoms with E-state index in [4.69, 9.17) is 4.74 Å². The lowest BCUT2D eigenvalue weighted by molar-refractivity contribution is 0.121. The van der Waals surface area contributed by atoms with Crippen molar-refractivity contribution in [2.45, 2.75) is 38.3 Å². The number of piperidine rings is 1. The molecule has 1 N–H and O–H groups in total. The van der Waals surface area contributed by atoms with Crippen LogP contribution >= 0.6 is 0 Å². The minimum absolute atomic E-state index is 0.717. The van der Waals surface area contributed by atoms with Crippen LogP contribution in [0.2, 0.25) is 0 Å². The molecule has 2 aliphatic heterocycles. The molecule has 3 nitrogen and oxygen atoms in total. The maximum Gasteiger partial charge on any atom is 0.0593 e. The van der Waals surface area contributed by atoms with E-state index in [2.05, 4.69) is 17.1 Å². The van der Waals surface area contributed by atoms with Crippen LogP contribution in [0.1, 0.15) is 26.2 Å². The van der Waals surface area contributed by atoms with E-state index in [0.717, 1.165) is 31.8 Å². The first-order chi connectivity index (χ1) is 6.86. The van der Waals surface area contributed by atoms with Gasteiger partial charge in [-0.2, -0.15) is 0 Å². The smallest absolute Gasteiger partial charge is 0.0593 e. The molecule has 2 atom stereocenters. The molecule has 0 spiro atoms. The lowest BCUT2D eigenvalue weighted by atomic mass is 10.0. The highest BCUT2D eigenvalue weighted by Gasteiger charge is 2.23. The third kappa shape index (κ3) is 2.69. The van der Waals surface area contributed by atoms with Crippen LogP contribution in [0.15, 0.2) is 0 Å². The Bertz CT molecular complexity index is 159. The molecule has 0 bridgehead atoms. The molecule has 14 heavy (non-hydrogen) atoms. The average Bonchev–Trinajstić information content (AvgIpc) is 2.47. The molecular formula is C11H22N2O. The van der Waals surface area contributed by atoms with Gasteiger partial charge in [-0.15, -0.1) is 0 Å². The van der Waals surface area contributed by atoms with Crippen LogP contribution in [-0.4, -0.2) is 49.8 Å². The minimum Gasteiger partial charge on any atom is -0.380 e. The van der Waals surface area contributed by atoms with Crippen molar-refractivity contribution in [1.82, 2.24) is 10.2 Å². The fourth-order valence-electron chi connectivity index (χ4n) is 2.43. The molecule has 2 fully saturated rings. The Labute approximate surface area is 86.8 Å². The van der Waals surface area contributed by atoms with E-state index >= 15 is 0 Å². The SMILES string of the molecule is CC1CCC(N2CCCOCC2)CN1. The molecule has 2 saturated heterocycles. The maximum absolute atomic E-state index is 5.47. The van der Waals surface area contributed by atoms with E-state index in [0.29, 0.717) is 0 Å². The lowest BCUT2D eigenvalue weighted by Crippen LogP contribution is -2.49. The van der Waals surface area contributed by atoms with Crippen molar-refractivity contribution in [2.24, 2.45) is 0 Å². The van der Waals surface area contributed by atoms with Crippen molar-refractivity contribution in [3.05, 3.63) is 0 Å². The zero-order chi connectivity index (χ0) is 9.80. The van der Waals surface area contributed by atoms with Crippen molar-refractivity contribution in [3.8, 4) is 0 Å². The van der Waals surface area contributed by atoms with Crippen molar-refractivity contribution >= 4 is 0 Å². The van der Waals surface area contributed by atoms with Gasteiger partial charge in [-0.1, -0.05) is 0 Å². The molecule has 0 radical (unpaired) electrons. The molecule has 0 amide bonds. The summed E-state index contributed by atoms with van der Waals surface area (Å²) in [7, 11) is 0. The molecule has 2 unspecified atom stereocenters. The van der Waals surface area contributed by atoms with Gasteiger partial charge >= 0.3 is 0 Å². The summed E-state index contributed by atoms with van der Waals surface area (Å²) in [6.45, 7) is 7.67. The average molecular weight is 198 g/mol. The highest BCUT2D eigenvalue weighted by atomic mass is 16.5. The van der Waals surface area contributed by atoms with E-state index in [-0.39, 0.29) is 0 Å². The minimum atomic E-state index is 0.717. The first kappa shape index (κ1) is 10.4. The van der Waals surface area contributed by atoms with Gasteiger partial charge in [0, 0.05) is 38.3 Å². The van der Waals surface area contributed by atoms with Crippen molar-refractivity contribution in [3.63, 3.8) is 0 Å². The second-order valence-corrected chi connectivity index (χ2v) is 4.54. The summed E-state index contributed by atoms with van der Waals surface area (Å²) in [5.41, 5.74) is 0. The Morgan fingerprint density at radius 3 is 2.93 bits per heavy atom. The van der Waals surface area contributed by atoms with Crippen LogP contribution in [0.25, 0.3) is 0 Å². The molecule has 3 heteroatoms. The van der Waals surface area contributed by atoms with Gasteiger partial charge in [-0.05, 0) is 26.2 Å². The van der Waals surface area contributed by atoms with Crippen LogP contribution in [0.5, 0.6) is 0 Å². The molecule has 0 aromatic heterocycles. The summed E-state index contributed by atoms with van der Waals surface area (Å²) >= 11 is 0. The molecular weight excluding hydrogens is 176 g/mol. The van der Waals surface area contributed by atoms with Gasteiger partial charge in [0.1, 0.15) is 0 Å². The van der Waals surface area contributed by atoms with Gasteiger partial charge in [-0.25, -0.2) is 0 Å². The molecule has 0 aromatic carbocycles. The van der Waals surface area contributed by atoms with Gasteiger partial charge in [0.05, 0.1) is 6.61 Å². The standard InChI is InChI=1S/C11H22N2O/c1-10-3-4-11(9-12-10)13-5-2-7-14-8-6-13/h10-12H,2-9H2,1H3. The first-order valence-electron chi connectivity index (χ1n) is 5.91. The van der Waals surface area contributed by atoms with Gasteiger partial charge in [0.25, 0.3) is 0 Å². The summed E-state index contributed by atoms with van der Waals surface area (Å²) in [4.78, 5) is 2.60. The van der Waals surface area contributed by atoms with E-state index < -0.39 is 0 Å². The number of nitrogens with zero attached hydrogens (tertiary/aromatic N) is 1. The van der Waals surface area contributed by atoms with Gasteiger partial charge in [-0.3, -0.25) is 4.90 Å². The van der Waals surface area contributed by atoms with Crippen LogP contribution in [0, 0.1) is 0 Å². The van der Waals surface area contributed by atoms with E-state index in [1.807, 2.05) is 0 Å². The third-order valence-corrected chi connectivity index (χ3v) is 3.41. The Kier molecular flexibility index (Phi) is 3.79. The van der Waals surface area contributed by atoms with Gasteiger partial charge in [0.2, 0.25) is 0 Å². The Morgan fingerprint density at radius 1 is 1.21 bits per heavy atom. The van der Waals surface area contributed by atoms with Crippen LogP contribution < -0.4 is 5.32 Å². The summed E-state index contributed by atoms with van der Waals surface area (Å²) in [6.07, 6.45) is 3.88. The number of nitrogens with one attached hydrogen (secondary N) is 1. The van der Waals surface area contributed by atoms with Crippen LogP contribution in [0.3, 0.4) is 0 Å². The predicted octanol–water partition coefficient (Wildman–Crippen LogP) is 0.849. The molecule has 82 valence electrons. The topological polar surface area (TPSA) is 24.5 Å². The molecule has 2 heterocycles. The quantitative estimate of drug-likeness (QED) is 0.676. The second kappa shape index (κ2) is 5.10. The molecule has 2 aliphatic rings. The summed E-state index contributed by atoms with van der Waals surface area (Å²) < 4.78 is 5.47. The largest absolute Gasteiger partial charge is 0.380 e. The van der Waals surface area contributed by atoms with E-state index in [1.165, 1.54) is 32.4 Å². The summed E-state index contributed by atoms with van der Waals surface area (Å²) in [5, 5.41) is 3.57. The maximum atomic E-state index is 5.47. The van der Waals surface area contributed by atoms with E-state index in [9.17, 15) is 0 Å². The third-order valence-electron chi connectivity index (χ3n) is 3.41.